The summed E-state index contributed by atoms with van der Waals surface area (Å²) >= 11 is 0. The number of aryl methyl sites for hydroxylation is 1. The van der Waals surface area contributed by atoms with Crippen molar-refractivity contribution in [2.75, 3.05) is 11.9 Å². The number of benzene rings is 2. The van der Waals surface area contributed by atoms with E-state index in [9.17, 15) is 13.9 Å². The number of anilines is 1. The lowest BCUT2D eigenvalue weighted by molar-refractivity contribution is 0.191. The van der Waals surface area contributed by atoms with Crippen LogP contribution in [-0.2, 0) is 0 Å². The van der Waals surface area contributed by atoms with Crippen molar-refractivity contribution in [1.82, 2.24) is 0 Å². The average Bonchev–Trinajstić information content (AvgIpc) is 2.40. The summed E-state index contributed by atoms with van der Waals surface area (Å²) in [4.78, 5) is 0. The van der Waals surface area contributed by atoms with Gasteiger partial charge in [-0.3, -0.25) is 0 Å². The van der Waals surface area contributed by atoms with Gasteiger partial charge in [0, 0.05) is 6.54 Å². The Balaban J connectivity index is 2.02. The minimum absolute atomic E-state index is 0.159. The van der Waals surface area contributed by atoms with Crippen LogP contribution in [0.25, 0.3) is 0 Å². The summed E-state index contributed by atoms with van der Waals surface area (Å²) in [5, 5.41) is 12.8. The lowest BCUT2D eigenvalue weighted by atomic mass is 10.1. The van der Waals surface area contributed by atoms with E-state index in [1.807, 2.05) is 6.92 Å². The molecule has 100 valence electrons. The highest BCUT2D eigenvalue weighted by Crippen LogP contribution is 2.18. The van der Waals surface area contributed by atoms with Gasteiger partial charge in [-0.05, 0) is 42.3 Å². The first-order chi connectivity index (χ1) is 9.06. The first-order valence-corrected chi connectivity index (χ1v) is 6.00. The summed E-state index contributed by atoms with van der Waals surface area (Å²) in [6.45, 7) is 2.02. The molecule has 0 fully saturated rings. The van der Waals surface area contributed by atoms with Crippen molar-refractivity contribution < 1.29 is 13.9 Å². The van der Waals surface area contributed by atoms with E-state index in [1.54, 1.807) is 12.1 Å². The van der Waals surface area contributed by atoms with Crippen LogP contribution < -0.4 is 5.32 Å². The molecule has 2 N–H and O–H groups in total. The largest absolute Gasteiger partial charge is 0.387 e. The zero-order valence-electron chi connectivity index (χ0n) is 10.5. The smallest absolute Gasteiger partial charge is 0.146 e. The monoisotopic (exact) mass is 263 g/mol. The minimum atomic E-state index is -0.819. The highest BCUT2D eigenvalue weighted by molar-refractivity contribution is 5.47. The van der Waals surface area contributed by atoms with Crippen molar-refractivity contribution in [2.45, 2.75) is 13.0 Å². The van der Waals surface area contributed by atoms with Crippen LogP contribution in [0.4, 0.5) is 14.5 Å². The molecule has 0 bridgehead atoms. The van der Waals surface area contributed by atoms with Gasteiger partial charge in [-0.15, -0.1) is 0 Å². The number of aliphatic hydroxyl groups is 1. The van der Waals surface area contributed by atoms with E-state index in [4.69, 9.17) is 0 Å². The Kier molecular flexibility index (Phi) is 4.12. The molecule has 0 aromatic heterocycles. The maximum absolute atomic E-state index is 13.5. The molecule has 0 heterocycles. The Bertz CT molecular complexity index is 555. The summed E-state index contributed by atoms with van der Waals surface area (Å²) in [6.07, 6.45) is -0.819. The summed E-state index contributed by atoms with van der Waals surface area (Å²) in [7, 11) is 0. The van der Waals surface area contributed by atoms with Gasteiger partial charge in [-0.25, -0.2) is 8.78 Å². The Labute approximate surface area is 110 Å². The molecule has 2 rings (SSSR count). The second-order valence-corrected chi connectivity index (χ2v) is 4.43. The number of nitrogens with one attached hydrogen (secondary N) is 1. The fourth-order valence-electron chi connectivity index (χ4n) is 1.78. The van der Waals surface area contributed by atoms with Gasteiger partial charge in [0.2, 0.25) is 0 Å². The fraction of sp³-hybridized carbons (Fsp3) is 0.200. The summed E-state index contributed by atoms with van der Waals surface area (Å²) in [5.41, 5.74) is 1.86. The van der Waals surface area contributed by atoms with Crippen LogP contribution in [0.2, 0.25) is 0 Å². The normalized spacial score (nSPS) is 12.2. The summed E-state index contributed by atoms with van der Waals surface area (Å²) in [6, 6.07) is 10.3. The number of hydrogen-bond acceptors (Lipinski definition) is 2. The van der Waals surface area contributed by atoms with Crippen LogP contribution in [0.1, 0.15) is 17.2 Å². The van der Waals surface area contributed by atoms with Crippen LogP contribution in [0.3, 0.4) is 0 Å². The molecule has 4 heteroatoms. The van der Waals surface area contributed by atoms with Gasteiger partial charge in [0.05, 0.1) is 11.8 Å². The first-order valence-electron chi connectivity index (χ1n) is 6.00. The van der Waals surface area contributed by atoms with Gasteiger partial charge in [0.15, 0.2) is 0 Å². The number of aliphatic hydroxyl groups excluding tert-OH is 1. The Morgan fingerprint density at radius 3 is 2.47 bits per heavy atom. The molecular formula is C15H15F2NO. The number of hydrogen-bond donors (Lipinski definition) is 2. The molecule has 19 heavy (non-hydrogen) atoms. The van der Waals surface area contributed by atoms with Gasteiger partial charge < -0.3 is 10.4 Å². The highest BCUT2D eigenvalue weighted by Gasteiger charge is 2.09. The van der Waals surface area contributed by atoms with E-state index < -0.39 is 6.10 Å². The quantitative estimate of drug-likeness (QED) is 0.886. The molecule has 0 radical (unpaired) electrons. The van der Waals surface area contributed by atoms with Crippen LogP contribution in [0.15, 0.2) is 42.5 Å². The maximum atomic E-state index is 13.5. The molecule has 0 aliphatic carbocycles. The zero-order chi connectivity index (χ0) is 13.8. The van der Waals surface area contributed by atoms with E-state index in [1.165, 1.54) is 30.3 Å². The second-order valence-electron chi connectivity index (χ2n) is 4.43. The molecule has 2 aromatic rings. The molecule has 1 unspecified atom stereocenters. The van der Waals surface area contributed by atoms with Crippen LogP contribution in [0, 0.1) is 18.6 Å². The Morgan fingerprint density at radius 1 is 1.11 bits per heavy atom. The fourth-order valence-corrected chi connectivity index (χ4v) is 1.78. The third-order valence-corrected chi connectivity index (χ3v) is 2.86. The van der Waals surface area contributed by atoms with Crippen LogP contribution >= 0.6 is 0 Å². The maximum Gasteiger partial charge on any atom is 0.146 e. The van der Waals surface area contributed by atoms with Crippen molar-refractivity contribution in [3.05, 3.63) is 65.2 Å². The van der Waals surface area contributed by atoms with Crippen LogP contribution in [0.5, 0.6) is 0 Å². The van der Waals surface area contributed by atoms with Gasteiger partial charge in [-0.1, -0.05) is 18.2 Å². The lowest BCUT2D eigenvalue weighted by Crippen LogP contribution is -2.13. The third kappa shape index (κ3) is 3.51. The standard InChI is InChI=1S/C15H15F2NO/c1-10-2-7-13(17)14(8-10)18-9-15(19)11-3-5-12(16)6-4-11/h2-8,15,18-19H,9H2,1H3. The molecular weight excluding hydrogens is 248 g/mol. The Morgan fingerprint density at radius 2 is 1.79 bits per heavy atom. The van der Waals surface area contributed by atoms with Crippen molar-refractivity contribution in [3.63, 3.8) is 0 Å². The molecule has 2 nitrogen and oxygen atoms in total. The molecule has 0 aliphatic rings. The molecule has 0 amide bonds. The van der Waals surface area contributed by atoms with Gasteiger partial charge in [0.25, 0.3) is 0 Å². The van der Waals surface area contributed by atoms with Crippen LogP contribution in [-0.4, -0.2) is 11.7 Å². The predicted molar refractivity (Wildman–Crippen MR) is 71.0 cm³/mol. The minimum Gasteiger partial charge on any atom is -0.387 e. The van der Waals surface area contributed by atoms with E-state index in [0.29, 0.717) is 11.3 Å². The SMILES string of the molecule is Cc1ccc(F)c(NCC(O)c2ccc(F)cc2)c1. The number of halogens is 2. The molecule has 0 aliphatic heterocycles. The molecule has 2 aromatic carbocycles. The van der Waals surface area contributed by atoms with Gasteiger partial charge in [0.1, 0.15) is 11.6 Å². The van der Waals surface area contributed by atoms with Gasteiger partial charge in [-0.2, -0.15) is 0 Å². The predicted octanol–water partition coefficient (Wildman–Crippen LogP) is 3.42. The molecule has 1 atom stereocenters. The molecule has 0 saturated heterocycles. The van der Waals surface area contributed by atoms with Crippen molar-refractivity contribution in [3.8, 4) is 0 Å². The van der Waals surface area contributed by atoms with E-state index >= 15 is 0 Å². The molecule has 0 spiro atoms. The van der Waals surface area contributed by atoms with E-state index in [0.717, 1.165) is 5.56 Å². The average molecular weight is 263 g/mol. The van der Waals surface area contributed by atoms with Crippen molar-refractivity contribution in [1.29, 1.82) is 0 Å². The third-order valence-electron chi connectivity index (χ3n) is 2.86. The first kappa shape index (κ1) is 13.5. The van der Waals surface area contributed by atoms with Crippen molar-refractivity contribution >= 4 is 5.69 Å². The van der Waals surface area contributed by atoms with E-state index in [2.05, 4.69) is 5.32 Å². The topological polar surface area (TPSA) is 32.3 Å². The molecule has 0 saturated carbocycles. The zero-order valence-corrected chi connectivity index (χ0v) is 10.5. The summed E-state index contributed by atoms with van der Waals surface area (Å²) in [5.74, 6) is -0.717. The van der Waals surface area contributed by atoms with E-state index in [-0.39, 0.29) is 18.2 Å². The summed E-state index contributed by atoms with van der Waals surface area (Å²) < 4.78 is 26.2. The Hall–Kier alpha value is -1.94. The highest BCUT2D eigenvalue weighted by atomic mass is 19.1. The second kappa shape index (κ2) is 5.80. The van der Waals surface area contributed by atoms with Crippen molar-refractivity contribution in [2.24, 2.45) is 0 Å². The number of rotatable bonds is 4. The lowest BCUT2D eigenvalue weighted by Gasteiger charge is -2.14. The van der Waals surface area contributed by atoms with Gasteiger partial charge >= 0.3 is 0 Å².